The molecule has 0 spiro atoms. The van der Waals surface area contributed by atoms with Gasteiger partial charge in [0.15, 0.2) is 0 Å². The van der Waals surface area contributed by atoms with E-state index in [1.807, 2.05) is 29.2 Å². The molecule has 100 valence electrons. The molecule has 2 aliphatic heterocycles. The van der Waals surface area contributed by atoms with Gasteiger partial charge in [0.1, 0.15) is 0 Å². The maximum atomic E-state index is 12.2. The van der Waals surface area contributed by atoms with E-state index in [2.05, 4.69) is 21.1 Å². The van der Waals surface area contributed by atoms with Crippen LogP contribution in [0.4, 0.5) is 0 Å². The molecule has 1 amide bonds. The summed E-state index contributed by atoms with van der Waals surface area (Å²) in [4.78, 5) is 19.4. The lowest BCUT2D eigenvalue weighted by atomic mass is 10.0. The normalized spacial score (nSPS) is 22.3. The third-order valence-electron chi connectivity index (χ3n) is 3.52. The molecule has 0 N–H and O–H groups in total. The summed E-state index contributed by atoms with van der Waals surface area (Å²) in [6.45, 7) is 1.70. The van der Waals surface area contributed by atoms with Crippen LogP contribution in [0, 0.1) is 0 Å². The van der Waals surface area contributed by atoms with Gasteiger partial charge in [-0.15, -0.1) is 0 Å². The SMILES string of the molecule is O=C(C1CC(c2cccc(Br)c2)=NO1)N1CCCC1. The number of halogens is 1. The van der Waals surface area contributed by atoms with Crippen LogP contribution in [-0.2, 0) is 9.63 Å². The first-order valence-corrected chi connectivity index (χ1v) is 7.31. The van der Waals surface area contributed by atoms with E-state index in [9.17, 15) is 4.79 Å². The van der Waals surface area contributed by atoms with E-state index in [4.69, 9.17) is 4.84 Å². The van der Waals surface area contributed by atoms with Crippen molar-refractivity contribution in [1.82, 2.24) is 4.90 Å². The highest BCUT2D eigenvalue weighted by atomic mass is 79.9. The fourth-order valence-electron chi connectivity index (χ4n) is 2.49. The van der Waals surface area contributed by atoms with Gasteiger partial charge in [-0.25, -0.2) is 0 Å². The van der Waals surface area contributed by atoms with Crippen molar-refractivity contribution in [2.24, 2.45) is 5.16 Å². The van der Waals surface area contributed by atoms with Gasteiger partial charge < -0.3 is 9.74 Å². The summed E-state index contributed by atoms with van der Waals surface area (Å²) in [7, 11) is 0. The smallest absolute Gasteiger partial charge is 0.266 e. The molecule has 4 nitrogen and oxygen atoms in total. The third kappa shape index (κ3) is 2.66. The molecule has 0 saturated carbocycles. The maximum absolute atomic E-state index is 12.2. The zero-order chi connectivity index (χ0) is 13.2. The molecule has 1 fully saturated rings. The zero-order valence-electron chi connectivity index (χ0n) is 10.5. The van der Waals surface area contributed by atoms with Crippen LogP contribution in [0.2, 0.25) is 0 Å². The second-order valence-corrected chi connectivity index (χ2v) is 5.79. The summed E-state index contributed by atoms with van der Waals surface area (Å²) in [5.41, 5.74) is 1.85. The van der Waals surface area contributed by atoms with Crippen molar-refractivity contribution in [1.29, 1.82) is 0 Å². The monoisotopic (exact) mass is 322 g/mol. The Morgan fingerprint density at radius 1 is 1.37 bits per heavy atom. The van der Waals surface area contributed by atoms with E-state index < -0.39 is 6.10 Å². The number of nitrogens with zero attached hydrogens (tertiary/aromatic N) is 2. The van der Waals surface area contributed by atoms with Gasteiger partial charge in [0.05, 0.1) is 5.71 Å². The molecule has 0 bridgehead atoms. The zero-order valence-corrected chi connectivity index (χ0v) is 12.1. The van der Waals surface area contributed by atoms with Crippen LogP contribution in [0.1, 0.15) is 24.8 Å². The number of hydrogen-bond acceptors (Lipinski definition) is 3. The number of amides is 1. The Balaban J connectivity index is 1.67. The van der Waals surface area contributed by atoms with Gasteiger partial charge in [0, 0.05) is 29.5 Å². The summed E-state index contributed by atoms with van der Waals surface area (Å²) >= 11 is 3.44. The number of rotatable bonds is 2. The predicted molar refractivity (Wildman–Crippen MR) is 76.0 cm³/mol. The van der Waals surface area contributed by atoms with Crippen molar-refractivity contribution < 1.29 is 9.63 Å². The van der Waals surface area contributed by atoms with Crippen LogP contribution in [0.5, 0.6) is 0 Å². The van der Waals surface area contributed by atoms with Crippen LogP contribution in [-0.4, -0.2) is 35.7 Å². The Hall–Kier alpha value is -1.36. The Labute approximate surface area is 120 Å². The average Bonchev–Trinajstić information content (AvgIpc) is 3.10. The Kier molecular flexibility index (Phi) is 3.55. The van der Waals surface area contributed by atoms with E-state index in [-0.39, 0.29) is 5.91 Å². The predicted octanol–water partition coefficient (Wildman–Crippen LogP) is 2.56. The minimum absolute atomic E-state index is 0.0752. The second-order valence-electron chi connectivity index (χ2n) is 4.88. The van der Waals surface area contributed by atoms with Crippen molar-refractivity contribution in [2.75, 3.05) is 13.1 Å². The largest absolute Gasteiger partial charge is 0.382 e. The Bertz CT molecular complexity index is 524. The van der Waals surface area contributed by atoms with E-state index in [0.717, 1.165) is 41.7 Å². The first kappa shape index (κ1) is 12.7. The molecule has 2 aliphatic rings. The molecule has 0 aliphatic carbocycles. The number of benzene rings is 1. The van der Waals surface area contributed by atoms with Crippen molar-refractivity contribution >= 4 is 27.5 Å². The standard InChI is InChI=1S/C14H15BrN2O2/c15-11-5-3-4-10(8-11)12-9-13(19-16-12)14(18)17-6-1-2-7-17/h3-5,8,13H,1-2,6-7,9H2. The topological polar surface area (TPSA) is 41.9 Å². The first-order chi connectivity index (χ1) is 9.24. The van der Waals surface area contributed by atoms with Crippen molar-refractivity contribution in [3.63, 3.8) is 0 Å². The van der Waals surface area contributed by atoms with Crippen LogP contribution in [0.15, 0.2) is 33.9 Å². The lowest BCUT2D eigenvalue weighted by molar-refractivity contribution is -0.140. The first-order valence-electron chi connectivity index (χ1n) is 6.51. The lowest BCUT2D eigenvalue weighted by Gasteiger charge is -2.18. The van der Waals surface area contributed by atoms with Crippen LogP contribution < -0.4 is 0 Å². The highest BCUT2D eigenvalue weighted by Crippen LogP contribution is 2.22. The number of hydrogen-bond donors (Lipinski definition) is 0. The summed E-state index contributed by atoms with van der Waals surface area (Å²) in [6, 6.07) is 7.89. The summed E-state index contributed by atoms with van der Waals surface area (Å²) in [5, 5.41) is 4.07. The molecule has 3 rings (SSSR count). The minimum Gasteiger partial charge on any atom is -0.382 e. The molecular weight excluding hydrogens is 308 g/mol. The molecular formula is C14H15BrN2O2. The maximum Gasteiger partial charge on any atom is 0.266 e. The van der Waals surface area contributed by atoms with Gasteiger partial charge in [0.2, 0.25) is 6.10 Å². The Morgan fingerprint density at radius 3 is 2.89 bits per heavy atom. The summed E-state index contributed by atoms with van der Waals surface area (Å²) < 4.78 is 1.00. The molecule has 1 aromatic rings. The molecule has 5 heteroatoms. The molecule has 0 radical (unpaired) electrons. The van der Waals surface area contributed by atoms with E-state index in [1.54, 1.807) is 0 Å². The number of carbonyl (C=O) groups is 1. The van der Waals surface area contributed by atoms with Gasteiger partial charge in [-0.3, -0.25) is 4.79 Å². The third-order valence-corrected chi connectivity index (χ3v) is 4.01. The fraction of sp³-hybridized carbons (Fsp3) is 0.429. The van der Waals surface area contributed by atoms with E-state index in [1.165, 1.54) is 0 Å². The lowest BCUT2D eigenvalue weighted by Crippen LogP contribution is -2.37. The van der Waals surface area contributed by atoms with Crippen molar-refractivity contribution in [2.45, 2.75) is 25.4 Å². The second kappa shape index (κ2) is 5.33. The van der Waals surface area contributed by atoms with Crippen molar-refractivity contribution in [3.05, 3.63) is 34.3 Å². The number of oxime groups is 1. The van der Waals surface area contributed by atoms with E-state index in [0.29, 0.717) is 6.42 Å². The van der Waals surface area contributed by atoms with Crippen LogP contribution in [0.25, 0.3) is 0 Å². The molecule has 1 unspecified atom stereocenters. The average molecular weight is 323 g/mol. The summed E-state index contributed by atoms with van der Waals surface area (Å²) in [6.07, 6.45) is 2.31. The van der Waals surface area contributed by atoms with Gasteiger partial charge in [-0.2, -0.15) is 0 Å². The summed E-state index contributed by atoms with van der Waals surface area (Å²) in [5.74, 6) is 0.0752. The van der Waals surface area contributed by atoms with Gasteiger partial charge in [-0.1, -0.05) is 33.2 Å². The highest BCUT2D eigenvalue weighted by molar-refractivity contribution is 9.10. The molecule has 1 atom stereocenters. The minimum atomic E-state index is -0.438. The van der Waals surface area contributed by atoms with Gasteiger partial charge in [0.25, 0.3) is 5.91 Å². The number of likely N-dealkylation sites (tertiary alicyclic amines) is 1. The van der Waals surface area contributed by atoms with Crippen LogP contribution in [0.3, 0.4) is 0 Å². The molecule has 0 aromatic heterocycles. The quantitative estimate of drug-likeness (QED) is 0.839. The highest BCUT2D eigenvalue weighted by Gasteiger charge is 2.33. The van der Waals surface area contributed by atoms with Crippen LogP contribution >= 0.6 is 15.9 Å². The van der Waals surface area contributed by atoms with Gasteiger partial charge >= 0.3 is 0 Å². The van der Waals surface area contributed by atoms with Gasteiger partial charge in [-0.05, 0) is 25.0 Å². The molecule has 2 heterocycles. The molecule has 1 saturated heterocycles. The number of carbonyl (C=O) groups excluding carboxylic acids is 1. The Morgan fingerprint density at radius 2 is 2.16 bits per heavy atom. The van der Waals surface area contributed by atoms with E-state index >= 15 is 0 Å². The molecule has 19 heavy (non-hydrogen) atoms. The van der Waals surface area contributed by atoms with Crippen molar-refractivity contribution in [3.8, 4) is 0 Å². The fourth-order valence-corrected chi connectivity index (χ4v) is 2.89. The molecule has 1 aromatic carbocycles.